The molecular formula is C28H23N5O6. The number of ketones is 1. The molecule has 0 fully saturated rings. The van der Waals surface area contributed by atoms with Crippen molar-refractivity contribution in [3.05, 3.63) is 71.4 Å². The van der Waals surface area contributed by atoms with Crippen molar-refractivity contribution in [2.45, 2.75) is 13.8 Å². The van der Waals surface area contributed by atoms with Gasteiger partial charge in [0.25, 0.3) is 5.91 Å². The van der Waals surface area contributed by atoms with Crippen molar-refractivity contribution >= 4 is 51.6 Å². The van der Waals surface area contributed by atoms with E-state index in [9.17, 15) is 24.3 Å². The lowest BCUT2D eigenvalue weighted by molar-refractivity contribution is -0.116. The number of rotatable bonds is 8. The Hall–Kier alpha value is -5.50. The first-order chi connectivity index (χ1) is 18.6. The molecule has 0 aliphatic carbocycles. The van der Waals surface area contributed by atoms with Gasteiger partial charge in [-0.3, -0.25) is 14.4 Å². The highest BCUT2D eigenvalue weighted by atomic mass is 16.5. The van der Waals surface area contributed by atoms with E-state index < -0.39 is 11.9 Å². The molecule has 0 spiro atoms. The zero-order valence-corrected chi connectivity index (χ0v) is 21.2. The summed E-state index contributed by atoms with van der Waals surface area (Å²) in [5.74, 6) is -2.27. The van der Waals surface area contributed by atoms with E-state index in [4.69, 9.17) is 9.78 Å². The first-order valence-corrected chi connectivity index (χ1v) is 11.7. The van der Waals surface area contributed by atoms with Gasteiger partial charge in [-0.2, -0.15) is 5.26 Å². The minimum absolute atomic E-state index is 0.00959. The van der Waals surface area contributed by atoms with E-state index in [0.29, 0.717) is 16.6 Å². The molecule has 0 saturated carbocycles. The second kappa shape index (κ2) is 10.9. The van der Waals surface area contributed by atoms with Crippen LogP contribution < -0.4 is 15.5 Å². The van der Waals surface area contributed by atoms with E-state index in [2.05, 4.69) is 15.8 Å². The Labute approximate surface area is 222 Å². The monoisotopic (exact) mass is 525 g/mol. The summed E-state index contributed by atoms with van der Waals surface area (Å²) in [4.78, 5) is 49.8. The lowest BCUT2D eigenvalue weighted by atomic mass is 9.99. The predicted octanol–water partition coefficient (Wildman–Crippen LogP) is 4.30. The van der Waals surface area contributed by atoms with Crippen LogP contribution >= 0.6 is 0 Å². The maximum atomic E-state index is 13.2. The summed E-state index contributed by atoms with van der Waals surface area (Å²) in [6.07, 6.45) is 0. The Balaban J connectivity index is 1.77. The van der Waals surface area contributed by atoms with Gasteiger partial charge >= 0.3 is 5.97 Å². The van der Waals surface area contributed by atoms with Gasteiger partial charge in [0.2, 0.25) is 5.91 Å². The van der Waals surface area contributed by atoms with Crippen LogP contribution in [0, 0.1) is 11.3 Å². The number of carboxylic acid groups (broad SMARTS) is 1. The van der Waals surface area contributed by atoms with Crippen molar-refractivity contribution in [2.24, 2.45) is 0 Å². The number of carbonyl (C=O) groups excluding carboxylic acids is 3. The Bertz CT molecular complexity index is 1670. The molecule has 2 amide bonds. The molecule has 0 aliphatic heterocycles. The van der Waals surface area contributed by atoms with Crippen LogP contribution in [0.1, 0.15) is 40.3 Å². The number of aromatic nitrogens is 1. The lowest BCUT2D eigenvalue weighted by Crippen LogP contribution is -2.23. The first-order valence-electron chi connectivity index (χ1n) is 11.7. The van der Waals surface area contributed by atoms with Crippen molar-refractivity contribution in [1.82, 2.24) is 5.16 Å². The average molecular weight is 526 g/mol. The molecule has 1 aromatic heterocycles. The van der Waals surface area contributed by atoms with Crippen molar-refractivity contribution in [1.29, 1.82) is 5.26 Å². The smallest absolute Gasteiger partial charge is 0.337 e. The van der Waals surface area contributed by atoms with Crippen LogP contribution in [0.25, 0.3) is 22.1 Å². The summed E-state index contributed by atoms with van der Waals surface area (Å²) in [5, 5.41) is 28.4. The molecule has 196 valence electrons. The highest BCUT2D eigenvalue weighted by Gasteiger charge is 2.23. The quantitative estimate of drug-likeness (QED) is 0.304. The van der Waals surface area contributed by atoms with E-state index in [1.54, 1.807) is 31.3 Å². The van der Waals surface area contributed by atoms with Crippen LogP contribution in [0.2, 0.25) is 0 Å². The summed E-state index contributed by atoms with van der Waals surface area (Å²) in [6, 6.07) is 16.2. The molecule has 11 heteroatoms. The molecule has 0 unspecified atom stereocenters. The number of aromatic carboxylic acids is 1. The minimum atomic E-state index is -1.31. The third-order valence-corrected chi connectivity index (χ3v) is 6.00. The number of fused-ring (bicyclic) bond motifs is 1. The maximum absolute atomic E-state index is 13.2. The Morgan fingerprint density at radius 2 is 1.77 bits per heavy atom. The van der Waals surface area contributed by atoms with Crippen molar-refractivity contribution in [3.8, 4) is 17.2 Å². The largest absolute Gasteiger partial charge is 0.478 e. The number of hydrogen-bond donors (Lipinski definition) is 3. The number of carbonyl (C=O) groups is 4. The van der Waals surface area contributed by atoms with Crippen molar-refractivity contribution in [3.63, 3.8) is 0 Å². The van der Waals surface area contributed by atoms with Gasteiger partial charge in [-0.25, -0.2) is 4.79 Å². The van der Waals surface area contributed by atoms with Gasteiger partial charge in [0, 0.05) is 31.3 Å². The number of amides is 2. The number of nitrogens with zero attached hydrogens (tertiary/aromatic N) is 3. The van der Waals surface area contributed by atoms with E-state index in [0.717, 1.165) is 17.3 Å². The van der Waals surface area contributed by atoms with E-state index in [1.165, 1.54) is 30.9 Å². The molecule has 3 N–H and O–H groups in total. The molecule has 0 bridgehead atoms. The third kappa shape index (κ3) is 5.60. The molecule has 11 nitrogen and oxygen atoms in total. The number of benzene rings is 3. The van der Waals surface area contributed by atoms with Crippen molar-refractivity contribution < 1.29 is 28.8 Å². The van der Waals surface area contributed by atoms with Gasteiger partial charge in [0.1, 0.15) is 5.78 Å². The molecule has 0 aliphatic rings. The number of Topliss-reactive ketones (excluding diaryl/α,β-unsaturated/α-hetero) is 1. The highest BCUT2D eigenvalue weighted by Crippen LogP contribution is 2.36. The fraction of sp³-hybridized carbons (Fsp3) is 0.143. The molecule has 1 heterocycles. The van der Waals surface area contributed by atoms with Gasteiger partial charge in [0.15, 0.2) is 11.3 Å². The Morgan fingerprint density at radius 1 is 1.05 bits per heavy atom. The van der Waals surface area contributed by atoms with Crippen LogP contribution in [-0.2, 0) is 9.59 Å². The summed E-state index contributed by atoms with van der Waals surface area (Å²) < 4.78 is 5.41. The number of carboxylic acids is 1. The third-order valence-electron chi connectivity index (χ3n) is 6.00. The molecule has 0 saturated heterocycles. The second-order valence-electron chi connectivity index (χ2n) is 8.74. The highest BCUT2D eigenvalue weighted by molar-refractivity contribution is 6.14. The van der Waals surface area contributed by atoms with Gasteiger partial charge < -0.3 is 25.2 Å². The Morgan fingerprint density at radius 3 is 2.38 bits per heavy atom. The summed E-state index contributed by atoms with van der Waals surface area (Å²) >= 11 is 0. The molecule has 39 heavy (non-hydrogen) atoms. The normalized spacial score (nSPS) is 10.5. The van der Waals surface area contributed by atoms with Gasteiger partial charge in [0.05, 0.1) is 40.5 Å². The van der Waals surface area contributed by atoms with Crippen LogP contribution in [0.15, 0.2) is 59.1 Å². The average Bonchev–Trinajstić information content (AvgIpc) is 3.34. The van der Waals surface area contributed by atoms with Crippen LogP contribution in [0.3, 0.4) is 0 Å². The number of anilines is 3. The van der Waals surface area contributed by atoms with E-state index in [-0.39, 0.29) is 46.3 Å². The minimum Gasteiger partial charge on any atom is -0.478 e. The number of hydrogen-bond acceptors (Lipinski definition) is 8. The van der Waals surface area contributed by atoms with Crippen LogP contribution in [0.5, 0.6) is 0 Å². The number of nitriles is 1. The lowest BCUT2D eigenvalue weighted by Gasteiger charge is -2.19. The molecule has 0 atom stereocenters. The number of nitrogens with one attached hydrogen (secondary N) is 2. The first kappa shape index (κ1) is 26.6. The van der Waals surface area contributed by atoms with E-state index in [1.807, 2.05) is 18.2 Å². The topological polar surface area (TPSA) is 166 Å². The van der Waals surface area contributed by atoms with Crippen molar-refractivity contribution in [2.75, 3.05) is 29.1 Å². The van der Waals surface area contributed by atoms with Crippen LogP contribution in [-0.4, -0.2) is 47.4 Å². The zero-order valence-electron chi connectivity index (χ0n) is 21.2. The maximum Gasteiger partial charge on any atom is 0.337 e. The molecule has 4 rings (SSSR count). The Kier molecular flexibility index (Phi) is 7.39. The standard InChI is InChI=1S/C28H23N5O6/c1-15(34)14-30-19-7-5-18(6-8-19)20-11-22-25(12-24(20)33(3)16(2)35)39-32-26(22)27(36)31-23-9-4-17(13-29)10-21(23)28(37)38/h4-12,30H,14H2,1-3H3,(H,31,36)(H,37,38). The summed E-state index contributed by atoms with van der Waals surface area (Å²) in [6.45, 7) is 3.09. The summed E-state index contributed by atoms with van der Waals surface area (Å²) in [5.41, 5.74) is 2.60. The fourth-order valence-corrected chi connectivity index (χ4v) is 3.89. The van der Waals surface area contributed by atoms with Gasteiger partial charge in [-0.15, -0.1) is 0 Å². The van der Waals surface area contributed by atoms with E-state index >= 15 is 0 Å². The van der Waals surface area contributed by atoms with Crippen LogP contribution in [0.4, 0.5) is 17.1 Å². The zero-order chi connectivity index (χ0) is 28.3. The predicted molar refractivity (Wildman–Crippen MR) is 144 cm³/mol. The fourth-order valence-electron chi connectivity index (χ4n) is 3.89. The second-order valence-corrected chi connectivity index (χ2v) is 8.74. The SMILES string of the molecule is CC(=O)CNc1ccc(-c2cc3c(C(=O)Nc4ccc(C#N)cc4C(=O)O)noc3cc2N(C)C(C)=O)cc1. The molecule has 0 radical (unpaired) electrons. The van der Waals surface area contributed by atoms with Gasteiger partial charge in [-0.1, -0.05) is 17.3 Å². The summed E-state index contributed by atoms with van der Waals surface area (Å²) in [7, 11) is 1.61. The molecular weight excluding hydrogens is 502 g/mol. The molecule has 3 aromatic carbocycles. The van der Waals surface area contributed by atoms with Gasteiger partial charge in [-0.05, 0) is 48.9 Å². The molecule has 4 aromatic rings.